The molecule has 0 heterocycles. The van der Waals surface area contributed by atoms with Crippen molar-refractivity contribution in [1.29, 1.82) is 0 Å². The monoisotopic (exact) mass is 243 g/mol. The number of nitrogens with zero attached hydrogens (tertiary/aromatic N) is 1. The van der Waals surface area contributed by atoms with Gasteiger partial charge in [-0.2, -0.15) is 0 Å². The number of hydrazine groups is 1. The lowest BCUT2D eigenvalue weighted by molar-refractivity contribution is -0.126. The molecular weight excluding hydrogens is 234 g/mol. The van der Waals surface area contributed by atoms with E-state index in [-0.39, 0.29) is 17.4 Å². The van der Waals surface area contributed by atoms with Crippen molar-refractivity contribution in [2.75, 3.05) is 0 Å². The molecule has 80 valence electrons. The number of hydrogen-bond acceptors (Lipinski definition) is 3. The fraction of sp³-hybridized carbons (Fsp3) is 0.111. The normalized spacial score (nSPS) is 9.73. The lowest BCUT2D eigenvalue weighted by atomic mass is 10.1. The van der Waals surface area contributed by atoms with E-state index < -0.39 is 0 Å². The van der Waals surface area contributed by atoms with Gasteiger partial charge in [-0.25, -0.2) is 10.9 Å². The van der Waals surface area contributed by atoms with E-state index in [9.17, 15) is 4.79 Å². The maximum absolute atomic E-state index is 11.4. The number of carbonyl (C=O) groups is 1. The molecule has 0 bridgehead atoms. The van der Waals surface area contributed by atoms with Crippen LogP contribution in [0.15, 0.2) is 24.3 Å². The fourth-order valence-electron chi connectivity index (χ4n) is 0.985. The van der Waals surface area contributed by atoms with Gasteiger partial charge in [0.05, 0.1) is 6.42 Å². The molecule has 6 heteroatoms. The minimum Gasteiger partial charge on any atom is -0.375 e. The maximum Gasteiger partial charge on any atom is 0.247 e. The molecule has 0 unspecified atom stereocenters. The van der Waals surface area contributed by atoms with Crippen LogP contribution >= 0.6 is 23.8 Å². The van der Waals surface area contributed by atoms with Gasteiger partial charge in [-0.15, -0.1) is 0 Å². The van der Waals surface area contributed by atoms with Crippen molar-refractivity contribution < 1.29 is 4.79 Å². The molecule has 0 aromatic heterocycles. The molecule has 0 saturated heterocycles. The molecular formula is C9H10ClN3OS. The first-order valence-corrected chi connectivity index (χ1v) is 4.91. The van der Waals surface area contributed by atoms with Crippen LogP contribution in [0.2, 0.25) is 5.02 Å². The summed E-state index contributed by atoms with van der Waals surface area (Å²) in [6.45, 7) is 0. The van der Waals surface area contributed by atoms with Gasteiger partial charge in [-0.05, 0) is 29.9 Å². The van der Waals surface area contributed by atoms with Crippen molar-refractivity contribution in [2.45, 2.75) is 6.42 Å². The van der Waals surface area contributed by atoms with E-state index in [4.69, 9.17) is 23.2 Å². The minimum absolute atomic E-state index is 0.144. The Hall–Kier alpha value is -1.17. The van der Waals surface area contributed by atoms with Crippen LogP contribution in [-0.4, -0.2) is 16.0 Å². The van der Waals surface area contributed by atoms with Crippen LogP contribution in [0.1, 0.15) is 5.56 Å². The second-order valence-electron chi connectivity index (χ2n) is 2.91. The highest BCUT2D eigenvalue weighted by Crippen LogP contribution is 2.10. The van der Waals surface area contributed by atoms with Crippen molar-refractivity contribution in [3.8, 4) is 0 Å². The highest BCUT2D eigenvalue weighted by Gasteiger charge is 2.12. The van der Waals surface area contributed by atoms with Crippen LogP contribution in [0.5, 0.6) is 0 Å². The SMILES string of the molecule is NC(=S)N(N)C(=O)Cc1ccc(Cl)cc1. The van der Waals surface area contributed by atoms with Crippen molar-refractivity contribution >= 4 is 34.8 Å². The topological polar surface area (TPSA) is 72.3 Å². The summed E-state index contributed by atoms with van der Waals surface area (Å²) in [7, 11) is 0. The Balaban J connectivity index is 2.66. The molecule has 0 radical (unpaired) electrons. The van der Waals surface area contributed by atoms with Gasteiger partial charge in [0, 0.05) is 5.02 Å². The molecule has 4 N–H and O–H groups in total. The van der Waals surface area contributed by atoms with E-state index in [2.05, 4.69) is 12.2 Å². The van der Waals surface area contributed by atoms with Crippen molar-refractivity contribution in [3.05, 3.63) is 34.9 Å². The van der Waals surface area contributed by atoms with E-state index in [0.29, 0.717) is 5.02 Å². The molecule has 0 saturated carbocycles. The van der Waals surface area contributed by atoms with E-state index in [0.717, 1.165) is 10.6 Å². The second-order valence-corrected chi connectivity index (χ2v) is 3.76. The first-order valence-electron chi connectivity index (χ1n) is 4.12. The van der Waals surface area contributed by atoms with Crippen molar-refractivity contribution in [1.82, 2.24) is 5.01 Å². The van der Waals surface area contributed by atoms with Gasteiger partial charge in [0.15, 0.2) is 5.11 Å². The Morgan fingerprint density at radius 1 is 1.40 bits per heavy atom. The Bertz CT molecular complexity index is 379. The fourth-order valence-corrected chi connectivity index (χ4v) is 1.21. The number of thiocarbonyl (C=S) groups is 1. The Morgan fingerprint density at radius 3 is 2.40 bits per heavy atom. The van der Waals surface area contributed by atoms with Gasteiger partial charge in [0.25, 0.3) is 0 Å². The Labute approximate surface area is 97.8 Å². The number of amides is 1. The van der Waals surface area contributed by atoms with Crippen LogP contribution in [0.25, 0.3) is 0 Å². The van der Waals surface area contributed by atoms with Gasteiger partial charge >= 0.3 is 0 Å². The third kappa shape index (κ3) is 3.47. The van der Waals surface area contributed by atoms with E-state index >= 15 is 0 Å². The van der Waals surface area contributed by atoms with Gasteiger partial charge in [-0.3, -0.25) is 4.79 Å². The number of carbonyl (C=O) groups excluding carboxylic acids is 1. The molecule has 0 aliphatic carbocycles. The number of rotatable bonds is 2. The predicted molar refractivity (Wildman–Crippen MR) is 63.0 cm³/mol. The van der Waals surface area contributed by atoms with E-state index in [1.807, 2.05) is 0 Å². The third-order valence-electron chi connectivity index (χ3n) is 1.77. The zero-order valence-corrected chi connectivity index (χ0v) is 9.39. The highest BCUT2D eigenvalue weighted by atomic mass is 35.5. The quantitative estimate of drug-likeness (QED) is 0.349. The average Bonchev–Trinajstić information content (AvgIpc) is 2.20. The molecule has 1 rings (SSSR count). The number of halogens is 1. The minimum atomic E-state index is -0.357. The summed E-state index contributed by atoms with van der Waals surface area (Å²) in [5, 5.41) is 1.23. The molecule has 0 aliphatic heterocycles. The van der Waals surface area contributed by atoms with E-state index in [1.165, 1.54) is 0 Å². The summed E-state index contributed by atoms with van der Waals surface area (Å²) in [4.78, 5) is 11.4. The largest absolute Gasteiger partial charge is 0.375 e. The predicted octanol–water partition coefficient (Wildman–Crippen LogP) is 0.828. The number of nitrogens with two attached hydrogens (primary N) is 2. The highest BCUT2D eigenvalue weighted by molar-refractivity contribution is 7.80. The summed E-state index contributed by atoms with van der Waals surface area (Å²) in [6, 6.07) is 6.89. The van der Waals surface area contributed by atoms with Crippen molar-refractivity contribution in [3.63, 3.8) is 0 Å². The molecule has 1 aromatic rings. The van der Waals surface area contributed by atoms with Gasteiger partial charge in [-0.1, -0.05) is 23.7 Å². The zero-order chi connectivity index (χ0) is 11.4. The Morgan fingerprint density at radius 2 is 1.93 bits per heavy atom. The van der Waals surface area contributed by atoms with Gasteiger partial charge < -0.3 is 5.73 Å². The lowest BCUT2D eigenvalue weighted by Gasteiger charge is -2.13. The number of hydrogen-bond donors (Lipinski definition) is 2. The summed E-state index contributed by atoms with van der Waals surface area (Å²) in [6.07, 6.45) is 0.144. The first-order chi connectivity index (χ1) is 7.00. The Kier molecular flexibility index (Phi) is 4.02. The first kappa shape index (κ1) is 11.9. The van der Waals surface area contributed by atoms with E-state index in [1.54, 1.807) is 24.3 Å². The van der Waals surface area contributed by atoms with Crippen LogP contribution < -0.4 is 11.6 Å². The number of benzene rings is 1. The lowest BCUT2D eigenvalue weighted by Crippen LogP contribution is -2.46. The summed E-state index contributed by atoms with van der Waals surface area (Å²) >= 11 is 10.3. The molecule has 0 aliphatic rings. The van der Waals surface area contributed by atoms with Gasteiger partial charge in [0.1, 0.15) is 0 Å². The zero-order valence-electron chi connectivity index (χ0n) is 7.81. The van der Waals surface area contributed by atoms with Crippen LogP contribution in [0, 0.1) is 0 Å². The molecule has 4 nitrogen and oxygen atoms in total. The average molecular weight is 244 g/mol. The summed E-state index contributed by atoms with van der Waals surface area (Å²) < 4.78 is 0. The van der Waals surface area contributed by atoms with Crippen LogP contribution in [0.3, 0.4) is 0 Å². The third-order valence-corrected chi connectivity index (χ3v) is 2.22. The maximum atomic E-state index is 11.4. The molecule has 15 heavy (non-hydrogen) atoms. The molecule has 0 spiro atoms. The molecule has 1 aromatic carbocycles. The smallest absolute Gasteiger partial charge is 0.247 e. The van der Waals surface area contributed by atoms with Gasteiger partial charge in [0.2, 0.25) is 5.91 Å². The van der Waals surface area contributed by atoms with Crippen LogP contribution in [-0.2, 0) is 11.2 Å². The standard InChI is InChI=1S/C9H10ClN3OS/c10-7-3-1-6(2-4-7)5-8(14)13(12)9(11)15/h1-4H,5,12H2,(H2,11,15). The summed E-state index contributed by atoms with van der Waals surface area (Å²) in [5.41, 5.74) is 6.01. The molecule has 1 amide bonds. The molecule has 0 fully saturated rings. The van der Waals surface area contributed by atoms with Crippen LogP contribution in [0.4, 0.5) is 0 Å². The van der Waals surface area contributed by atoms with Crippen molar-refractivity contribution in [2.24, 2.45) is 11.6 Å². The summed E-state index contributed by atoms with van der Waals surface area (Å²) in [5.74, 6) is 4.97. The second kappa shape index (κ2) is 5.06. The molecule has 0 atom stereocenters.